The Bertz CT molecular complexity index is 1330. The first-order chi connectivity index (χ1) is 17.1. The van der Waals surface area contributed by atoms with Crippen LogP contribution in [-0.4, -0.2) is 46.4 Å². The number of hydrogen-bond acceptors (Lipinski definition) is 5. The molecule has 4 rings (SSSR count). The molecule has 1 atom stereocenters. The van der Waals surface area contributed by atoms with Crippen LogP contribution in [0.25, 0.3) is 11.4 Å². The molecule has 1 aliphatic heterocycles. The van der Waals surface area contributed by atoms with Crippen LogP contribution < -0.4 is 4.74 Å². The van der Waals surface area contributed by atoms with Gasteiger partial charge < -0.3 is 14.0 Å². The fraction of sp³-hybridized carbons (Fsp3) is 0.222. The molecule has 36 heavy (non-hydrogen) atoms. The van der Waals surface area contributed by atoms with E-state index < -0.39 is 24.5 Å². The summed E-state index contributed by atoms with van der Waals surface area (Å²) in [5.41, 5.74) is 3.85. The van der Waals surface area contributed by atoms with E-state index in [1.165, 1.54) is 24.0 Å². The molecule has 7 nitrogen and oxygen atoms in total. The lowest BCUT2D eigenvalue weighted by molar-refractivity contribution is -0.146. The van der Waals surface area contributed by atoms with Crippen LogP contribution >= 0.6 is 0 Å². The number of aryl methyl sites for hydroxylation is 1. The molecule has 2 aromatic carbocycles. The van der Waals surface area contributed by atoms with Crippen molar-refractivity contribution in [1.29, 1.82) is 0 Å². The number of rotatable bonds is 8. The van der Waals surface area contributed by atoms with Gasteiger partial charge in [-0.25, -0.2) is 0 Å². The summed E-state index contributed by atoms with van der Waals surface area (Å²) in [6.45, 7) is 5.62. The number of hydrogen-bond donors (Lipinski definition) is 0. The van der Waals surface area contributed by atoms with Crippen LogP contribution in [0, 0.1) is 13.8 Å². The Morgan fingerprint density at radius 3 is 2.28 bits per heavy atom. The maximum absolute atomic E-state index is 13.1. The lowest BCUT2D eigenvalue weighted by atomic mass is 10.1. The maximum Gasteiger partial charge on any atom is 0.387 e. The first-order valence-corrected chi connectivity index (χ1v) is 11.2. The van der Waals surface area contributed by atoms with Crippen LogP contribution in [0.2, 0.25) is 0 Å². The van der Waals surface area contributed by atoms with E-state index >= 15 is 0 Å². The van der Waals surface area contributed by atoms with Crippen LogP contribution in [0.3, 0.4) is 0 Å². The van der Waals surface area contributed by atoms with Gasteiger partial charge in [0.1, 0.15) is 12.3 Å². The van der Waals surface area contributed by atoms with Crippen molar-refractivity contribution in [2.75, 3.05) is 6.54 Å². The summed E-state index contributed by atoms with van der Waals surface area (Å²) in [6.07, 6.45) is -1.10. The smallest absolute Gasteiger partial charge is 0.387 e. The average molecular weight is 494 g/mol. The van der Waals surface area contributed by atoms with Gasteiger partial charge in [0.25, 0.3) is 5.91 Å². The number of amides is 1. The number of aromatic nitrogens is 1. The molecule has 1 aliphatic rings. The first kappa shape index (κ1) is 24.8. The monoisotopic (exact) mass is 494 g/mol. The molecule has 186 valence electrons. The number of alkyl halides is 2. The van der Waals surface area contributed by atoms with Gasteiger partial charge >= 0.3 is 12.6 Å². The molecular weight excluding hydrogens is 470 g/mol. The molecule has 0 radical (unpaired) electrons. The van der Waals surface area contributed by atoms with Gasteiger partial charge in [0.15, 0.2) is 6.10 Å². The number of benzene rings is 2. The Labute approximate surface area is 206 Å². The predicted octanol–water partition coefficient (Wildman–Crippen LogP) is 4.94. The van der Waals surface area contributed by atoms with Crippen LogP contribution in [0.1, 0.15) is 44.6 Å². The van der Waals surface area contributed by atoms with Gasteiger partial charge in [-0.2, -0.15) is 8.78 Å². The number of carbonyl (C=O) groups excluding carboxylic acids is 3. The van der Waals surface area contributed by atoms with Crippen molar-refractivity contribution in [3.05, 3.63) is 89.3 Å². The molecule has 0 saturated carbocycles. The van der Waals surface area contributed by atoms with E-state index in [2.05, 4.69) is 11.3 Å². The molecule has 0 aliphatic carbocycles. The molecule has 2 heterocycles. The SMILES string of the molecule is C=C1c2ccccc2C(=O)N1CC(=O)OC(C)C(=O)c1cc(C)n(-c2ccc(OC(F)F)cc2)c1C. The van der Waals surface area contributed by atoms with E-state index in [0.717, 1.165) is 5.69 Å². The van der Waals surface area contributed by atoms with Crippen LogP contribution in [0.5, 0.6) is 5.75 Å². The second-order valence-corrected chi connectivity index (χ2v) is 8.37. The molecule has 0 bridgehead atoms. The zero-order chi connectivity index (χ0) is 26.1. The van der Waals surface area contributed by atoms with Crippen molar-refractivity contribution in [3.8, 4) is 11.4 Å². The van der Waals surface area contributed by atoms with Crippen molar-refractivity contribution in [3.63, 3.8) is 0 Å². The van der Waals surface area contributed by atoms with E-state index in [9.17, 15) is 23.2 Å². The second kappa shape index (κ2) is 9.77. The standard InChI is InChI=1S/C27H24F2N2O5/c1-15-13-23(17(3)31(15)19-9-11-20(12-10-19)36-27(28)29)25(33)18(4)35-24(32)14-30-16(2)21-7-5-6-8-22(21)26(30)34/h5-13,18,27H,2,14H2,1,3-4H3. The van der Waals surface area contributed by atoms with Gasteiger partial charge in [0, 0.05) is 39.5 Å². The molecule has 0 saturated heterocycles. The molecule has 1 unspecified atom stereocenters. The molecule has 0 fully saturated rings. The van der Waals surface area contributed by atoms with Crippen molar-refractivity contribution in [1.82, 2.24) is 9.47 Å². The third-order valence-corrected chi connectivity index (χ3v) is 6.02. The number of halogens is 2. The van der Waals surface area contributed by atoms with E-state index in [1.807, 2.05) is 0 Å². The number of fused-ring (bicyclic) bond motifs is 1. The fourth-order valence-electron chi connectivity index (χ4n) is 4.32. The fourth-order valence-corrected chi connectivity index (χ4v) is 4.32. The summed E-state index contributed by atoms with van der Waals surface area (Å²) in [4.78, 5) is 39.6. The lowest BCUT2D eigenvalue weighted by Gasteiger charge is -2.18. The Hall–Kier alpha value is -4.27. The summed E-state index contributed by atoms with van der Waals surface area (Å²) < 4.78 is 36.4. The van der Waals surface area contributed by atoms with Gasteiger partial charge in [-0.3, -0.25) is 19.3 Å². The number of ketones is 1. The number of carbonyl (C=O) groups is 3. The third kappa shape index (κ3) is 4.64. The van der Waals surface area contributed by atoms with Crippen LogP contribution in [0.15, 0.2) is 61.2 Å². The minimum Gasteiger partial charge on any atom is -0.453 e. The number of Topliss-reactive ketones (excluding diaryl/α,β-unsaturated/α-hetero) is 1. The third-order valence-electron chi connectivity index (χ3n) is 6.02. The Morgan fingerprint density at radius 1 is 1.03 bits per heavy atom. The van der Waals surface area contributed by atoms with Crippen molar-refractivity contribution < 1.29 is 32.6 Å². The minimum absolute atomic E-state index is 0.0234. The zero-order valence-corrected chi connectivity index (χ0v) is 20.0. The Kier molecular flexibility index (Phi) is 6.74. The van der Waals surface area contributed by atoms with Crippen molar-refractivity contribution in [2.45, 2.75) is 33.5 Å². The molecule has 1 amide bonds. The van der Waals surface area contributed by atoms with Gasteiger partial charge in [0.05, 0.1) is 0 Å². The lowest BCUT2D eigenvalue weighted by Crippen LogP contribution is -2.34. The summed E-state index contributed by atoms with van der Waals surface area (Å²) in [6, 6.07) is 14.6. The summed E-state index contributed by atoms with van der Waals surface area (Å²) >= 11 is 0. The molecular formula is C27H24F2N2O5. The van der Waals surface area contributed by atoms with E-state index in [-0.39, 0.29) is 18.2 Å². The Balaban J connectivity index is 1.45. The zero-order valence-electron chi connectivity index (χ0n) is 20.0. The quantitative estimate of drug-likeness (QED) is 0.328. The van der Waals surface area contributed by atoms with Gasteiger partial charge in [-0.1, -0.05) is 24.8 Å². The highest BCUT2D eigenvalue weighted by atomic mass is 19.3. The summed E-state index contributed by atoms with van der Waals surface area (Å²) in [5.74, 6) is -1.47. The van der Waals surface area contributed by atoms with Crippen LogP contribution in [-0.2, 0) is 9.53 Å². The highest BCUT2D eigenvalue weighted by Crippen LogP contribution is 2.31. The topological polar surface area (TPSA) is 77.8 Å². The largest absolute Gasteiger partial charge is 0.453 e. The normalized spacial score (nSPS) is 13.7. The van der Waals surface area contributed by atoms with E-state index in [1.54, 1.807) is 60.9 Å². The first-order valence-electron chi connectivity index (χ1n) is 11.2. The van der Waals surface area contributed by atoms with E-state index in [4.69, 9.17) is 4.74 Å². The van der Waals surface area contributed by atoms with Crippen molar-refractivity contribution in [2.24, 2.45) is 0 Å². The van der Waals surface area contributed by atoms with Gasteiger partial charge in [-0.15, -0.1) is 0 Å². The Morgan fingerprint density at radius 2 is 1.67 bits per heavy atom. The minimum atomic E-state index is -2.92. The highest BCUT2D eigenvalue weighted by Gasteiger charge is 2.33. The molecule has 0 N–H and O–H groups in total. The van der Waals surface area contributed by atoms with Gasteiger partial charge in [0.2, 0.25) is 5.78 Å². The number of ether oxygens (including phenoxy) is 2. The maximum atomic E-state index is 13.1. The summed E-state index contributed by atoms with van der Waals surface area (Å²) in [7, 11) is 0. The molecule has 0 spiro atoms. The number of esters is 1. The predicted molar refractivity (Wildman–Crippen MR) is 128 cm³/mol. The molecule has 9 heteroatoms. The van der Waals surface area contributed by atoms with Crippen molar-refractivity contribution >= 4 is 23.4 Å². The molecule has 1 aromatic heterocycles. The molecule has 3 aromatic rings. The average Bonchev–Trinajstić information content (AvgIpc) is 3.26. The van der Waals surface area contributed by atoms with Crippen LogP contribution in [0.4, 0.5) is 8.78 Å². The second-order valence-electron chi connectivity index (χ2n) is 8.37. The number of nitrogens with zero attached hydrogens (tertiary/aromatic N) is 2. The van der Waals surface area contributed by atoms with Gasteiger partial charge in [-0.05, 0) is 57.2 Å². The van der Waals surface area contributed by atoms with E-state index in [0.29, 0.717) is 33.8 Å². The highest BCUT2D eigenvalue weighted by molar-refractivity contribution is 6.10. The summed E-state index contributed by atoms with van der Waals surface area (Å²) in [5, 5.41) is 0.